The van der Waals surface area contributed by atoms with Gasteiger partial charge in [0.1, 0.15) is 17.9 Å². The molecule has 4 heteroatoms. The molecule has 0 saturated carbocycles. The number of ether oxygens (including phenoxy) is 2. The van der Waals surface area contributed by atoms with Gasteiger partial charge in [-0.1, -0.05) is 5.57 Å². The highest BCUT2D eigenvalue weighted by Crippen LogP contribution is 2.40. The molecule has 122 valence electrons. The molecule has 1 aliphatic heterocycles. The molecule has 0 aliphatic carbocycles. The van der Waals surface area contributed by atoms with Gasteiger partial charge >= 0.3 is 5.63 Å². The number of hydrogen-bond donors (Lipinski definition) is 0. The van der Waals surface area contributed by atoms with E-state index in [1.165, 1.54) is 11.6 Å². The minimum absolute atomic E-state index is 0.115. The van der Waals surface area contributed by atoms with Crippen LogP contribution >= 0.6 is 0 Å². The summed E-state index contributed by atoms with van der Waals surface area (Å²) in [6.07, 6.45) is 2.80. The standard InChI is InChI=1S/C19H22O4/c1-12(2)9-10-21-15-7-5-13-6-8-17(20)22-18(13)14(15)11-16-19(3,4)23-16/h5-9,16H,10-11H2,1-4H3. The van der Waals surface area contributed by atoms with Crippen LogP contribution in [0.2, 0.25) is 0 Å². The second kappa shape index (κ2) is 5.85. The number of benzene rings is 1. The summed E-state index contributed by atoms with van der Waals surface area (Å²) in [5, 5.41) is 0.896. The van der Waals surface area contributed by atoms with Crippen molar-refractivity contribution >= 4 is 11.0 Å². The Morgan fingerprint density at radius 3 is 2.61 bits per heavy atom. The van der Waals surface area contributed by atoms with E-state index in [4.69, 9.17) is 13.9 Å². The minimum atomic E-state index is -0.351. The molecule has 1 aromatic carbocycles. The first-order valence-electron chi connectivity index (χ1n) is 7.86. The van der Waals surface area contributed by atoms with Crippen molar-refractivity contribution in [2.45, 2.75) is 45.8 Å². The van der Waals surface area contributed by atoms with Crippen LogP contribution in [0.15, 0.2) is 45.1 Å². The van der Waals surface area contributed by atoms with Crippen LogP contribution in [-0.2, 0) is 11.2 Å². The molecule has 0 amide bonds. The van der Waals surface area contributed by atoms with E-state index in [2.05, 4.69) is 13.8 Å². The van der Waals surface area contributed by atoms with Gasteiger partial charge < -0.3 is 13.9 Å². The lowest BCUT2D eigenvalue weighted by atomic mass is 10.00. The lowest BCUT2D eigenvalue weighted by Gasteiger charge is -2.12. The van der Waals surface area contributed by atoms with Crippen LogP contribution in [0.3, 0.4) is 0 Å². The molecule has 1 fully saturated rings. The highest BCUT2D eigenvalue weighted by molar-refractivity contribution is 5.82. The van der Waals surface area contributed by atoms with Crippen molar-refractivity contribution in [3.63, 3.8) is 0 Å². The van der Waals surface area contributed by atoms with Crippen molar-refractivity contribution < 1.29 is 13.9 Å². The first-order valence-corrected chi connectivity index (χ1v) is 7.86. The van der Waals surface area contributed by atoms with Crippen molar-refractivity contribution in [3.8, 4) is 5.75 Å². The Balaban J connectivity index is 2.00. The summed E-state index contributed by atoms with van der Waals surface area (Å²) in [6, 6.07) is 7.07. The van der Waals surface area contributed by atoms with Crippen LogP contribution < -0.4 is 10.4 Å². The molecule has 0 bridgehead atoms. The van der Waals surface area contributed by atoms with Gasteiger partial charge in [-0.3, -0.25) is 0 Å². The number of epoxide rings is 1. The predicted molar refractivity (Wildman–Crippen MR) is 90.1 cm³/mol. The van der Waals surface area contributed by atoms with Gasteiger partial charge in [0.2, 0.25) is 0 Å². The third kappa shape index (κ3) is 3.48. The molecular formula is C19H22O4. The second-order valence-electron chi connectivity index (χ2n) is 6.72. The average Bonchev–Trinajstić information content (AvgIpc) is 3.07. The van der Waals surface area contributed by atoms with Crippen molar-refractivity contribution in [2.75, 3.05) is 6.61 Å². The quantitative estimate of drug-likeness (QED) is 0.478. The van der Waals surface area contributed by atoms with Crippen molar-refractivity contribution in [3.05, 3.63) is 51.9 Å². The monoisotopic (exact) mass is 314 g/mol. The van der Waals surface area contributed by atoms with Crippen LogP contribution in [0.25, 0.3) is 11.0 Å². The van der Waals surface area contributed by atoms with Crippen molar-refractivity contribution in [1.82, 2.24) is 0 Å². The molecule has 0 radical (unpaired) electrons. The fourth-order valence-corrected chi connectivity index (χ4v) is 2.60. The molecule has 23 heavy (non-hydrogen) atoms. The van der Waals surface area contributed by atoms with Crippen molar-refractivity contribution in [2.24, 2.45) is 0 Å². The molecule has 1 saturated heterocycles. The lowest BCUT2D eigenvalue weighted by molar-refractivity contribution is 0.320. The molecule has 4 nitrogen and oxygen atoms in total. The maximum Gasteiger partial charge on any atom is 0.336 e. The van der Waals surface area contributed by atoms with Crippen LogP contribution in [0.4, 0.5) is 0 Å². The average molecular weight is 314 g/mol. The van der Waals surface area contributed by atoms with E-state index in [0.29, 0.717) is 18.6 Å². The molecule has 1 unspecified atom stereocenters. The Morgan fingerprint density at radius 1 is 1.26 bits per heavy atom. The number of rotatable bonds is 5. The second-order valence-corrected chi connectivity index (χ2v) is 6.72. The van der Waals surface area contributed by atoms with E-state index in [0.717, 1.165) is 16.7 Å². The molecule has 2 heterocycles. The predicted octanol–water partition coefficient (Wildman–Crippen LogP) is 3.86. The van der Waals surface area contributed by atoms with Crippen LogP contribution in [0, 0.1) is 0 Å². The van der Waals surface area contributed by atoms with E-state index in [-0.39, 0.29) is 17.3 Å². The van der Waals surface area contributed by atoms with E-state index in [1.54, 1.807) is 6.07 Å². The summed E-state index contributed by atoms with van der Waals surface area (Å²) in [5.41, 5.74) is 2.21. The SMILES string of the molecule is CC(C)=CCOc1ccc2ccc(=O)oc2c1CC1OC1(C)C. The molecular weight excluding hydrogens is 292 g/mol. The highest BCUT2D eigenvalue weighted by Gasteiger charge is 2.48. The van der Waals surface area contributed by atoms with Crippen LogP contribution in [0.5, 0.6) is 5.75 Å². The third-order valence-corrected chi connectivity index (χ3v) is 4.13. The Kier molecular flexibility index (Phi) is 4.02. The minimum Gasteiger partial charge on any atom is -0.489 e. The molecule has 3 rings (SSSR count). The van der Waals surface area contributed by atoms with Crippen molar-refractivity contribution in [1.29, 1.82) is 0 Å². The fraction of sp³-hybridized carbons (Fsp3) is 0.421. The summed E-state index contributed by atoms with van der Waals surface area (Å²) in [5.74, 6) is 0.746. The summed E-state index contributed by atoms with van der Waals surface area (Å²) in [7, 11) is 0. The van der Waals surface area contributed by atoms with Gasteiger partial charge in [-0.15, -0.1) is 0 Å². The summed E-state index contributed by atoms with van der Waals surface area (Å²) < 4.78 is 17.0. The smallest absolute Gasteiger partial charge is 0.336 e. The zero-order valence-corrected chi connectivity index (χ0v) is 14.0. The molecule has 0 spiro atoms. The fourth-order valence-electron chi connectivity index (χ4n) is 2.60. The molecule has 2 aromatic rings. The van der Waals surface area contributed by atoms with Gasteiger partial charge in [0.25, 0.3) is 0 Å². The van der Waals surface area contributed by atoms with Gasteiger partial charge in [0.15, 0.2) is 0 Å². The lowest BCUT2D eigenvalue weighted by Crippen LogP contribution is -2.09. The van der Waals surface area contributed by atoms with Crippen LogP contribution in [-0.4, -0.2) is 18.3 Å². The zero-order chi connectivity index (χ0) is 16.6. The first-order chi connectivity index (χ1) is 10.9. The summed E-state index contributed by atoms with van der Waals surface area (Å²) in [6.45, 7) is 8.67. The van der Waals surface area contributed by atoms with E-state index in [9.17, 15) is 4.79 Å². The topological polar surface area (TPSA) is 52.0 Å². The van der Waals surface area contributed by atoms with E-state index in [1.807, 2.05) is 32.1 Å². The van der Waals surface area contributed by atoms with E-state index < -0.39 is 0 Å². The summed E-state index contributed by atoms with van der Waals surface area (Å²) in [4.78, 5) is 11.6. The molecule has 1 aromatic heterocycles. The Morgan fingerprint density at radius 2 is 1.96 bits per heavy atom. The number of fused-ring (bicyclic) bond motifs is 1. The van der Waals surface area contributed by atoms with Gasteiger partial charge in [0.05, 0.1) is 11.7 Å². The zero-order valence-electron chi connectivity index (χ0n) is 14.0. The number of allylic oxidation sites excluding steroid dienone is 1. The normalized spacial score (nSPS) is 18.7. The van der Waals surface area contributed by atoms with Gasteiger partial charge in [-0.25, -0.2) is 4.79 Å². The Hall–Kier alpha value is -2.07. The molecule has 1 atom stereocenters. The maximum absolute atomic E-state index is 11.6. The van der Waals surface area contributed by atoms with Gasteiger partial charge in [0, 0.05) is 23.4 Å². The summed E-state index contributed by atoms with van der Waals surface area (Å²) >= 11 is 0. The third-order valence-electron chi connectivity index (χ3n) is 4.13. The van der Waals surface area contributed by atoms with Gasteiger partial charge in [-0.2, -0.15) is 0 Å². The first kappa shape index (κ1) is 15.8. The molecule has 0 N–H and O–H groups in total. The Bertz CT molecular complexity index is 810. The largest absolute Gasteiger partial charge is 0.489 e. The number of hydrogen-bond acceptors (Lipinski definition) is 4. The van der Waals surface area contributed by atoms with Crippen LogP contribution in [0.1, 0.15) is 33.3 Å². The Labute approximate surface area is 135 Å². The van der Waals surface area contributed by atoms with E-state index >= 15 is 0 Å². The van der Waals surface area contributed by atoms with Gasteiger partial charge in [-0.05, 0) is 52.0 Å². The highest BCUT2D eigenvalue weighted by atomic mass is 16.6. The molecule has 1 aliphatic rings. The maximum atomic E-state index is 11.6.